The van der Waals surface area contributed by atoms with Crippen molar-refractivity contribution in [3.8, 4) is 5.88 Å². The van der Waals surface area contributed by atoms with E-state index >= 15 is 0 Å². The van der Waals surface area contributed by atoms with Gasteiger partial charge in [0.1, 0.15) is 5.56 Å². The van der Waals surface area contributed by atoms with Crippen molar-refractivity contribution in [2.24, 2.45) is 0 Å². The molecule has 2 aromatic heterocycles. The van der Waals surface area contributed by atoms with Crippen LogP contribution in [0.2, 0.25) is 0 Å². The van der Waals surface area contributed by atoms with Crippen LogP contribution < -0.4 is 16.6 Å². The highest BCUT2D eigenvalue weighted by atomic mass is 16.3. The number of para-hydroxylation sites is 1. The molecule has 7 nitrogen and oxygen atoms in total. The van der Waals surface area contributed by atoms with Crippen molar-refractivity contribution in [3.05, 3.63) is 61.9 Å². The third kappa shape index (κ3) is 2.24. The topological polar surface area (TPSA) is 96.6 Å². The van der Waals surface area contributed by atoms with Gasteiger partial charge in [0.05, 0.1) is 12.2 Å². The summed E-state index contributed by atoms with van der Waals surface area (Å²) in [4.78, 5) is 28.9. The molecule has 1 atom stereocenters. The SMILES string of the molecule is CCn1c(O)c([C@H]2[NH2+]CCc3c2[nH]c2ccccc32)c(=O)n(CC)c1=O. The zero-order valence-corrected chi connectivity index (χ0v) is 15.0. The van der Waals surface area contributed by atoms with Crippen molar-refractivity contribution in [1.82, 2.24) is 14.1 Å². The first-order chi connectivity index (χ1) is 12.6. The quantitative estimate of drug-likeness (QED) is 0.636. The van der Waals surface area contributed by atoms with E-state index in [1.165, 1.54) is 14.7 Å². The lowest BCUT2D eigenvalue weighted by atomic mass is 9.95. The van der Waals surface area contributed by atoms with Gasteiger partial charge in [-0.15, -0.1) is 0 Å². The van der Waals surface area contributed by atoms with Crippen molar-refractivity contribution in [3.63, 3.8) is 0 Å². The average Bonchev–Trinajstić information content (AvgIpc) is 3.02. The van der Waals surface area contributed by atoms with Crippen molar-refractivity contribution >= 4 is 10.9 Å². The Morgan fingerprint density at radius 1 is 1.19 bits per heavy atom. The minimum absolute atomic E-state index is 0.222. The maximum Gasteiger partial charge on any atom is 0.333 e. The van der Waals surface area contributed by atoms with Crippen LogP contribution in [0.1, 0.15) is 36.7 Å². The van der Waals surface area contributed by atoms with Crippen LogP contribution in [0, 0.1) is 0 Å². The molecule has 0 fully saturated rings. The summed E-state index contributed by atoms with van der Waals surface area (Å²) in [5.74, 6) is -0.222. The van der Waals surface area contributed by atoms with Gasteiger partial charge in [0.15, 0.2) is 6.04 Å². The summed E-state index contributed by atoms with van der Waals surface area (Å²) in [6.07, 6.45) is 0.895. The highest BCUT2D eigenvalue weighted by Gasteiger charge is 2.34. The number of quaternary nitrogens is 1. The predicted molar refractivity (Wildman–Crippen MR) is 98.6 cm³/mol. The van der Waals surface area contributed by atoms with Crippen molar-refractivity contribution in [2.45, 2.75) is 39.4 Å². The van der Waals surface area contributed by atoms with Gasteiger partial charge in [-0.3, -0.25) is 13.9 Å². The van der Waals surface area contributed by atoms with Crippen LogP contribution in [0.4, 0.5) is 0 Å². The van der Waals surface area contributed by atoms with Gasteiger partial charge in [-0.2, -0.15) is 0 Å². The Bertz CT molecular complexity index is 1110. The molecule has 136 valence electrons. The first kappa shape index (κ1) is 16.7. The largest absolute Gasteiger partial charge is 0.494 e. The molecular formula is C19H23N4O3+. The number of aromatic hydroxyl groups is 1. The molecule has 3 heterocycles. The summed E-state index contributed by atoms with van der Waals surface area (Å²) in [5, 5.41) is 13.9. The number of nitrogens with zero attached hydrogens (tertiary/aromatic N) is 2. The maximum absolute atomic E-state index is 13.0. The fourth-order valence-electron chi connectivity index (χ4n) is 4.08. The number of H-pyrrole nitrogens is 1. The molecule has 0 unspecified atom stereocenters. The highest BCUT2D eigenvalue weighted by molar-refractivity contribution is 5.85. The molecule has 1 aromatic carbocycles. The zero-order valence-electron chi connectivity index (χ0n) is 15.0. The lowest BCUT2D eigenvalue weighted by molar-refractivity contribution is -0.690. The lowest BCUT2D eigenvalue weighted by Crippen LogP contribution is -2.88. The number of hydrogen-bond acceptors (Lipinski definition) is 3. The first-order valence-corrected chi connectivity index (χ1v) is 9.07. The summed E-state index contributed by atoms with van der Waals surface area (Å²) < 4.78 is 2.47. The number of nitrogens with one attached hydrogen (secondary N) is 1. The minimum atomic E-state index is -0.464. The lowest BCUT2D eigenvalue weighted by Gasteiger charge is -2.23. The molecule has 0 aliphatic carbocycles. The molecule has 0 radical (unpaired) electrons. The molecule has 0 saturated heterocycles. The Hall–Kier alpha value is -2.80. The van der Waals surface area contributed by atoms with E-state index < -0.39 is 11.2 Å². The summed E-state index contributed by atoms with van der Waals surface area (Å²) >= 11 is 0. The second-order valence-corrected chi connectivity index (χ2v) is 6.63. The molecule has 0 saturated carbocycles. The van der Waals surface area contributed by atoms with Gasteiger partial charge in [-0.1, -0.05) is 18.2 Å². The van der Waals surface area contributed by atoms with E-state index in [0.717, 1.165) is 29.6 Å². The summed E-state index contributed by atoms with van der Waals surface area (Å²) in [7, 11) is 0. The number of benzene rings is 1. The Morgan fingerprint density at radius 2 is 1.92 bits per heavy atom. The van der Waals surface area contributed by atoms with Gasteiger partial charge in [-0.05, 0) is 25.5 Å². The highest BCUT2D eigenvalue weighted by Crippen LogP contribution is 2.31. The van der Waals surface area contributed by atoms with Crippen molar-refractivity contribution < 1.29 is 10.4 Å². The fraction of sp³-hybridized carbons (Fsp3) is 0.368. The molecule has 7 heteroatoms. The summed E-state index contributed by atoms with van der Waals surface area (Å²) in [6.45, 7) is 4.95. The number of aromatic nitrogens is 3. The second-order valence-electron chi connectivity index (χ2n) is 6.63. The van der Waals surface area contributed by atoms with E-state index in [4.69, 9.17) is 0 Å². The van der Waals surface area contributed by atoms with Crippen LogP contribution in [0.5, 0.6) is 5.88 Å². The number of hydrogen-bond donors (Lipinski definition) is 3. The maximum atomic E-state index is 13.0. The molecule has 0 spiro atoms. The van der Waals surface area contributed by atoms with Gasteiger partial charge in [0.2, 0.25) is 5.88 Å². The number of nitrogens with two attached hydrogens (primary N) is 1. The average molecular weight is 355 g/mol. The Kier molecular flexibility index (Phi) is 3.96. The molecule has 0 bridgehead atoms. The van der Waals surface area contributed by atoms with E-state index in [9.17, 15) is 14.7 Å². The smallest absolute Gasteiger partial charge is 0.333 e. The van der Waals surface area contributed by atoms with Crippen LogP contribution in [-0.2, 0) is 19.5 Å². The fourth-order valence-corrected chi connectivity index (χ4v) is 4.08. The van der Waals surface area contributed by atoms with Gasteiger partial charge in [-0.25, -0.2) is 4.79 Å². The molecule has 4 rings (SSSR count). The van der Waals surface area contributed by atoms with E-state index in [2.05, 4.69) is 16.4 Å². The molecule has 26 heavy (non-hydrogen) atoms. The van der Waals surface area contributed by atoms with Crippen LogP contribution in [0.3, 0.4) is 0 Å². The van der Waals surface area contributed by atoms with Gasteiger partial charge in [0, 0.05) is 30.4 Å². The van der Waals surface area contributed by atoms with Crippen LogP contribution in [0.25, 0.3) is 10.9 Å². The molecule has 4 N–H and O–H groups in total. The van der Waals surface area contributed by atoms with E-state index in [-0.39, 0.29) is 24.0 Å². The molecule has 0 amide bonds. The molecule has 3 aromatic rings. The van der Waals surface area contributed by atoms with Gasteiger partial charge < -0.3 is 15.4 Å². The van der Waals surface area contributed by atoms with E-state index in [1.54, 1.807) is 13.8 Å². The molecular weight excluding hydrogens is 332 g/mol. The normalized spacial score (nSPS) is 16.8. The van der Waals surface area contributed by atoms with Crippen LogP contribution in [-0.4, -0.2) is 25.8 Å². The summed E-state index contributed by atoms with van der Waals surface area (Å²) in [6, 6.07) is 7.71. The van der Waals surface area contributed by atoms with Gasteiger partial charge >= 0.3 is 5.69 Å². The summed E-state index contributed by atoms with van der Waals surface area (Å²) in [5.41, 5.74) is 2.55. The van der Waals surface area contributed by atoms with Crippen LogP contribution in [0.15, 0.2) is 33.9 Å². The van der Waals surface area contributed by atoms with Crippen molar-refractivity contribution in [1.29, 1.82) is 0 Å². The van der Waals surface area contributed by atoms with E-state index in [0.29, 0.717) is 6.54 Å². The zero-order chi connectivity index (χ0) is 18.4. The first-order valence-electron chi connectivity index (χ1n) is 9.07. The monoisotopic (exact) mass is 355 g/mol. The Morgan fingerprint density at radius 3 is 2.65 bits per heavy atom. The van der Waals surface area contributed by atoms with Gasteiger partial charge in [0.25, 0.3) is 5.56 Å². The Labute approximate surface area is 149 Å². The molecule has 1 aliphatic heterocycles. The number of aromatic amines is 1. The van der Waals surface area contributed by atoms with Crippen molar-refractivity contribution in [2.75, 3.05) is 6.54 Å². The minimum Gasteiger partial charge on any atom is -0.494 e. The Balaban J connectivity index is 2.01. The second kappa shape index (κ2) is 6.17. The number of fused-ring (bicyclic) bond motifs is 3. The standard InChI is InChI=1S/C19H22N4O3/c1-3-22-17(24)14(18(25)23(4-2)19(22)26)16-15-12(9-10-20-16)11-7-5-6-8-13(11)21-15/h5-8,16,20-21,24H,3-4,9-10H2,1-2H3/p+1/t16-/m1/s1. The third-order valence-electron chi connectivity index (χ3n) is 5.33. The molecule has 1 aliphatic rings. The number of rotatable bonds is 3. The predicted octanol–water partition coefficient (Wildman–Crippen LogP) is 0.446. The van der Waals surface area contributed by atoms with E-state index in [1.807, 2.05) is 18.2 Å². The third-order valence-corrected chi connectivity index (χ3v) is 5.33. The van der Waals surface area contributed by atoms with Crippen LogP contribution >= 0.6 is 0 Å².